The molecule has 2 bridgehead atoms. The molecule has 3 aliphatic rings. The Kier molecular flexibility index (Phi) is 19.8. The summed E-state index contributed by atoms with van der Waals surface area (Å²) < 4.78 is 16.5. The van der Waals surface area contributed by atoms with Crippen LogP contribution in [-0.4, -0.2) is 111 Å². The van der Waals surface area contributed by atoms with Crippen molar-refractivity contribution in [2.24, 2.45) is 5.41 Å². The largest absolute Gasteiger partial charge is 0.382 e. The van der Waals surface area contributed by atoms with E-state index >= 15 is 0 Å². The lowest BCUT2D eigenvalue weighted by atomic mass is 9.85. The second kappa shape index (κ2) is 26.4. The molecule has 78 heavy (non-hydrogen) atoms. The molecule has 0 radical (unpaired) electrons. The van der Waals surface area contributed by atoms with Gasteiger partial charge in [-0.05, 0) is 110 Å². The number of benzene rings is 2. The van der Waals surface area contributed by atoms with Crippen LogP contribution >= 0.6 is 0 Å². The maximum absolute atomic E-state index is 14.8. The predicted molar refractivity (Wildman–Crippen MR) is 298 cm³/mol. The van der Waals surface area contributed by atoms with Gasteiger partial charge in [-0.3, -0.25) is 28.8 Å². The van der Waals surface area contributed by atoms with Crippen molar-refractivity contribution in [2.45, 2.75) is 174 Å². The molecule has 5 heterocycles. The normalized spacial score (nSPS) is 18.3. The van der Waals surface area contributed by atoms with E-state index in [1.165, 1.54) is 23.1 Å². The number of nitrogens with one attached hydrogen (secondary N) is 4. The minimum Gasteiger partial charge on any atom is -0.382 e. The van der Waals surface area contributed by atoms with Gasteiger partial charge in [0.05, 0.1) is 42.6 Å². The van der Waals surface area contributed by atoms with Crippen molar-refractivity contribution < 1.29 is 33.2 Å². The molecule has 0 saturated carbocycles. The van der Waals surface area contributed by atoms with Gasteiger partial charge in [0, 0.05) is 62.8 Å². The molecule has 2 saturated heterocycles. The number of unbranched alkanes of at least 4 members (excludes halogenated alkanes) is 5. The van der Waals surface area contributed by atoms with E-state index in [0.29, 0.717) is 97.5 Å². The van der Waals surface area contributed by atoms with Crippen LogP contribution in [0, 0.1) is 17.8 Å². The molecular formula is C59H79FN12O6. The first-order valence-electron chi connectivity index (χ1n) is 27.8. The van der Waals surface area contributed by atoms with Crippen molar-refractivity contribution in [1.29, 1.82) is 0 Å². The molecule has 5 amide bonds. The molecule has 18 nitrogen and oxygen atoms in total. The summed E-state index contributed by atoms with van der Waals surface area (Å²) in [7, 11) is 3.35. The van der Waals surface area contributed by atoms with Crippen LogP contribution in [0.15, 0.2) is 60.8 Å². The fourth-order valence-corrected chi connectivity index (χ4v) is 11.1. The van der Waals surface area contributed by atoms with Crippen LogP contribution in [-0.2, 0) is 37.1 Å². The molecule has 6 atom stereocenters. The Hall–Kier alpha value is -7.20. The highest BCUT2D eigenvalue weighted by Crippen LogP contribution is 2.44. The number of pyridine rings is 1. The zero-order valence-corrected chi connectivity index (χ0v) is 46.5. The van der Waals surface area contributed by atoms with E-state index in [0.717, 1.165) is 44.1 Å². The number of aromatic nitrogens is 3. The fourth-order valence-electron chi connectivity index (χ4n) is 11.1. The third-order valence-electron chi connectivity index (χ3n) is 15.6. The minimum atomic E-state index is -0.917. The molecule has 418 valence electrons. The number of amides is 5. The quantitative estimate of drug-likeness (QED) is 0.0374. The van der Waals surface area contributed by atoms with Crippen molar-refractivity contribution in [3.05, 3.63) is 100 Å². The Labute approximate surface area is 458 Å². The number of carbonyl (C=O) groups is 6. The second-order valence-corrected chi connectivity index (χ2v) is 22.3. The average Bonchev–Trinajstić information content (AvgIpc) is 4.21. The number of carbonyl (C=O) groups excluding carboxylic acids is 6. The van der Waals surface area contributed by atoms with Gasteiger partial charge in [-0.2, -0.15) is 4.68 Å². The number of halogens is 1. The van der Waals surface area contributed by atoms with Gasteiger partial charge in [0.1, 0.15) is 29.5 Å². The van der Waals surface area contributed by atoms with Gasteiger partial charge in [-0.25, -0.2) is 9.37 Å². The molecule has 2 fully saturated rings. The SMILES string of the molecule is [C-]#[N+]c1nn(CCCC(=O)CCCCCCCCC(=O)N[C@@H]2C[C@H](C(=O)N[C@@H](CC)c3ccccc3)N(C(=O)[C@H](NC(=O)[C@@H](C)NC)C(C)(C)C)C2)c2c1-c1cnc(N)c(c1)N1CCC[C@@H]1c1cc(F)ccc1C(=O)N(C)C2. The number of nitrogens with zero attached hydrogens (tertiary/aromatic N) is 7. The summed E-state index contributed by atoms with van der Waals surface area (Å²) in [5, 5.41) is 16.8. The molecule has 4 aromatic rings. The number of rotatable bonds is 22. The van der Waals surface area contributed by atoms with Crippen molar-refractivity contribution in [1.82, 2.24) is 45.8 Å². The summed E-state index contributed by atoms with van der Waals surface area (Å²) in [4.78, 5) is 95.7. The number of nitrogen functional groups attached to an aromatic ring is 1. The molecule has 19 heteroatoms. The van der Waals surface area contributed by atoms with Crippen LogP contribution < -0.4 is 31.9 Å². The fraction of sp³-hybridized carbons (Fsp3) is 0.542. The van der Waals surface area contributed by atoms with Gasteiger partial charge in [0.2, 0.25) is 23.6 Å². The lowest BCUT2D eigenvalue weighted by Gasteiger charge is -2.36. The lowest BCUT2D eigenvalue weighted by Crippen LogP contribution is -2.59. The predicted octanol–water partition coefficient (Wildman–Crippen LogP) is 8.11. The third-order valence-corrected chi connectivity index (χ3v) is 15.6. The topological polar surface area (TPSA) is 221 Å². The number of hydrogen-bond acceptors (Lipinski definition) is 11. The summed E-state index contributed by atoms with van der Waals surface area (Å²) in [5.74, 6) is -1.29. The number of nitrogens with two attached hydrogens (primary N) is 1. The summed E-state index contributed by atoms with van der Waals surface area (Å²) in [6.45, 7) is 18.6. The number of Topliss-reactive ketones (excluding diaryl/α,β-unsaturated/α-hetero) is 1. The van der Waals surface area contributed by atoms with Crippen LogP contribution in [0.5, 0.6) is 0 Å². The molecular weight excluding hydrogens is 992 g/mol. The van der Waals surface area contributed by atoms with E-state index in [4.69, 9.17) is 17.4 Å². The molecule has 3 aliphatic heterocycles. The molecule has 0 spiro atoms. The zero-order chi connectivity index (χ0) is 56.3. The smallest absolute Gasteiger partial charge is 0.303 e. The Morgan fingerprint density at radius 1 is 0.949 bits per heavy atom. The van der Waals surface area contributed by atoms with E-state index in [9.17, 15) is 33.2 Å². The molecule has 0 aliphatic carbocycles. The van der Waals surface area contributed by atoms with Crippen molar-refractivity contribution >= 4 is 52.6 Å². The van der Waals surface area contributed by atoms with Gasteiger partial charge >= 0.3 is 5.82 Å². The highest BCUT2D eigenvalue weighted by Gasteiger charge is 2.46. The van der Waals surface area contributed by atoms with Gasteiger partial charge in [-0.1, -0.05) is 90.3 Å². The van der Waals surface area contributed by atoms with Crippen molar-refractivity contribution in [3.8, 4) is 11.1 Å². The summed E-state index contributed by atoms with van der Waals surface area (Å²) in [6.07, 6.45) is 10.5. The van der Waals surface area contributed by atoms with Gasteiger partial charge in [-0.15, -0.1) is 0 Å². The van der Waals surface area contributed by atoms with Crippen LogP contribution in [0.25, 0.3) is 16.0 Å². The van der Waals surface area contributed by atoms with E-state index in [1.807, 2.05) is 64.1 Å². The Bertz CT molecular complexity index is 2840. The van der Waals surface area contributed by atoms with Gasteiger partial charge in [0.15, 0.2) is 0 Å². The first-order valence-corrected chi connectivity index (χ1v) is 27.8. The minimum absolute atomic E-state index is 0.107. The monoisotopic (exact) mass is 1070 g/mol. The zero-order valence-electron chi connectivity index (χ0n) is 46.5. The molecule has 2 aromatic heterocycles. The summed E-state index contributed by atoms with van der Waals surface area (Å²) in [5.41, 5.74) is 10.2. The van der Waals surface area contributed by atoms with E-state index < -0.39 is 35.4 Å². The maximum atomic E-state index is 14.8. The average molecular weight is 1070 g/mol. The van der Waals surface area contributed by atoms with Gasteiger partial charge in [0.25, 0.3) is 5.91 Å². The Morgan fingerprint density at radius 3 is 2.35 bits per heavy atom. The number of likely N-dealkylation sites (tertiary alicyclic amines) is 1. The molecule has 6 N–H and O–H groups in total. The van der Waals surface area contributed by atoms with Crippen LogP contribution in [0.4, 0.5) is 21.7 Å². The highest BCUT2D eigenvalue weighted by molar-refractivity contribution is 5.97. The number of anilines is 2. The maximum Gasteiger partial charge on any atom is 0.303 e. The van der Waals surface area contributed by atoms with Crippen LogP contribution in [0.1, 0.15) is 164 Å². The van der Waals surface area contributed by atoms with Crippen molar-refractivity contribution in [2.75, 3.05) is 37.8 Å². The standard InChI is InChI=1S/C59H79FN12O6/c1-9-45(38-21-15-14-16-22-38)66-56(76)48-33-41(35-71(48)58(78)52(59(3,4)5)67-55(75)37(2)62-6)65-50(74)26-18-13-11-10-12-17-23-42(73)24-19-30-72-49-36-69(8)57(77)43-28-27-40(60)32-44(43)46-25-20-29-70(46)47-31-39(34-64-53(47)61)51(49)54(63-7)68-72/h14-16,21-22,27-28,31-32,34,37,41,45-46,48,52,62H,9-13,17-20,23-26,29-30,33,35-36H2,1-6,8H3,(H2,61,64)(H,65,74)(H,66,76)(H,67,75)/t37-,41-,45+,46-,48-,52+/m1/s1. The first kappa shape index (κ1) is 58.5. The highest BCUT2D eigenvalue weighted by atomic mass is 19.1. The molecule has 7 rings (SSSR count). The number of aryl methyl sites for hydroxylation is 1. The lowest BCUT2D eigenvalue weighted by molar-refractivity contribution is -0.144. The van der Waals surface area contributed by atoms with E-state index in [1.54, 1.807) is 36.8 Å². The van der Waals surface area contributed by atoms with E-state index in [2.05, 4.69) is 36.0 Å². The van der Waals surface area contributed by atoms with Gasteiger partial charge < -0.3 is 46.5 Å². The molecule has 0 unspecified atom stereocenters. The molecule has 2 aromatic carbocycles. The number of fused-ring (bicyclic) bond motifs is 8. The summed E-state index contributed by atoms with van der Waals surface area (Å²) in [6, 6.07) is 12.5. The number of likely N-dealkylation sites (N-methyl/N-ethyl adjacent to an activating group) is 1. The van der Waals surface area contributed by atoms with E-state index in [-0.39, 0.29) is 72.7 Å². The van der Waals surface area contributed by atoms with Crippen LogP contribution in [0.2, 0.25) is 0 Å². The van der Waals surface area contributed by atoms with Crippen LogP contribution in [0.3, 0.4) is 0 Å². The van der Waals surface area contributed by atoms with Crippen molar-refractivity contribution in [3.63, 3.8) is 0 Å². The number of hydrogen-bond donors (Lipinski definition) is 5. The Morgan fingerprint density at radius 2 is 1.65 bits per heavy atom. The summed E-state index contributed by atoms with van der Waals surface area (Å²) >= 11 is 0. The Balaban J connectivity index is 0.883. The first-order chi connectivity index (χ1) is 37.3. The number of ketones is 1. The second-order valence-electron chi connectivity index (χ2n) is 22.3. The third kappa shape index (κ3) is 14.1.